The number of nitrogens with one attached hydrogen (secondary N) is 1. The van der Waals surface area contributed by atoms with Crippen molar-refractivity contribution in [1.29, 1.82) is 0 Å². The average Bonchev–Trinajstić information content (AvgIpc) is 2.31. The van der Waals surface area contributed by atoms with Gasteiger partial charge in [-0.2, -0.15) is 0 Å². The van der Waals surface area contributed by atoms with Crippen LogP contribution in [0.3, 0.4) is 0 Å². The number of nitrogens with two attached hydrogens (primary N) is 1. The van der Waals surface area contributed by atoms with E-state index >= 15 is 0 Å². The second-order valence-electron chi connectivity index (χ2n) is 3.59. The van der Waals surface area contributed by atoms with E-state index in [1.807, 2.05) is 0 Å². The first-order chi connectivity index (χ1) is 8.47. The Labute approximate surface area is 123 Å². The minimum absolute atomic E-state index is 0. The van der Waals surface area contributed by atoms with E-state index in [1.165, 1.54) is 6.92 Å². The molecule has 8 heteroatoms. The van der Waals surface area contributed by atoms with Gasteiger partial charge in [-0.05, 0) is 13.3 Å². The van der Waals surface area contributed by atoms with Crippen molar-refractivity contribution in [3.63, 3.8) is 0 Å². The molecule has 0 aromatic rings. The average molecular weight is 313 g/mol. The van der Waals surface area contributed by atoms with Gasteiger partial charge in [0.1, 0.15) is 6.04 Å². The number of halogens is 1. The molecule has 1 amide bonds. The van der Waals surface area contributed by atoms with Crippen LogP contribution in [0.15, 0.2) is 0 Å². The van der Waals surface area contributed by atoms with Gasteiger partial charge in [-0.25, -0.2) is 0 Å². The molecule has 0 bridgehead atoms. The minimum Gasteiger partial charge on any atom is -0.465 e. The molecule has 112 valence electrons. The number of amides is 1. The molecule has 6 nitrogen and oxygen atoms in total. The Kier molecular flexibility index (Phi) is 13.2. The van der Waals surface area contributed by atoms with Crippen LogP contribution in [0.1, 0.15) is 26.7 Å². The standard InChI is InChI=1S/C11H20N2O4S.ClH/c1-3-17-11(16)9(12)4-5-10(15)13-6-7-18-8(2)14;/h9H,3-7,12H2,1-2H3,(H,13,15);1H. The summed E-state index contributed by atoms with van der Waals surface area (Å²) in [4.78, 5) is 33.2. The van der Waals surface area contributed by atoms with Gasteiger partial charge in [-0.3, -0.25) is 14.4 Å². The van der Waals surface area contributed by atoms with E-state index in [0.29, 0.717) is 12.3 Å². The number of carbonyl (C=O) groups is 3. The minimum atomic E-state index is -0.762. The summed E-state index contributed by atoms with van der Waals surface area (Å²) in [6.07, 6.45) is 0.426. The lowest BCUT2D eigenvalue weighted by Crippen LogP contribution is -2.34. The second kappa shape index (κ2) is 12.3. The number of hydrogen-bond donors (Lipinski definition) is 2. The van der Waals surface area contributed by atoms with E-state index in [2.05, 4.69) is 5.32 Å². The van der Waals surface area contributed by atoms with Gasteiger partial charge in [0, 0.05) is 25.6 Å². The summed E-state index contributed by atoms with van der Waals surface area (Å²) in [7, 11) is 0. The maximum atomic E-state index is 11.4. The Morgan fingerprint density at radius 3 is 2.53 bits per heavy atom. The highest BCUT2D eigenvalue weighted by Crippen LogP contribution is 2.00. The molecule has 0 spiro atoms. The molecule has 0 aliphatic carbocycles. The normalized spacial score (nSPS) is 11.1. The van der Waals surface area contributed by atoms with Gasteiger partial charge in [0.15, 0.2) is 5.12 Å². The highest BCUT2D eigenvalue weighted by atomic mass is 35.5. The van der Waals surface area contributed by atoms with Crippen molar-refractivity contribution in [3.05, 3.63) is 0 Å². The lowest BCUT2D eigenvalue weighted by Gasteiger charge is -2.10. The number of rotatable bonds is 8. The Hall–Kier alpha value is -0.790. The lowest BCUT2D eigenvalue weighted by atomic mass is 10.1. The SMILES string of the molecule is CCOC(=O)C(N)CCC(=O)NCCSC(C)=O.Cl. The zero-order valence-corrected chi connectivity index (χ0v) is 12.8. The van der Waals surface area contributed by atoms with E-state index in [9.17, 15) is 14.4 Å². The predicted molar refractivity (Wildman–Crippen MR) is 77.2 cm³/mol. The van der Waals surface area contributed by atoms with Crippen LogP contribution < -0.4 is 11.1 Å². The topological polar surface area (TPSA) is 98.5 Å². The molecule has 0 aromatic heterocycles. The number of esters is 1. The largest absolute Gasteiger partial charge is 0.465 e. The first-order valence-electron chi connectivity index (χ1n) is 5.79. The molecular formula is C11H21ClN2O4S. The molecule has 0 heterocycles. The fourth-order valence-corrected chi connectivity index (χ4v) is 1.62. The summed E-state index contributed by atoms with van der Waals surface area (Å²) in [5.41, 5.74) is 5.54. The van der Waals surface area contributed by atoms with E-state index in [4.69, 9.17) is 10.5 Å². The summed E-state index contributed by atoms with van der Waals surface area (Å²) in [5, 5.41) is 2.67. The van der Waals surface area contributed by atoms with Gasteiger partial charge in [-0.15, -0.1) is 12.4 Å². The van der Waals surface area contributed by atoms with E-state index in [1.54, 1.807) is 6.92 Å². The Morgan fingerprint density at radius 1 is 1.37 bits per heavy atom. The molecule has 1 atom stereocenters. The summed E-state index contributed by atoms with van der Waals surface area (Å²) in [6, 6.07) is -0.762. The number of thioether (sulfide) groups is 1. The Balaban J connectivity index is 0. The predicted octanol–water partition coefficient (Wildman–Crippen LogP) is 0.475. The molecule has 0 radical (unpaired) electrons. The van der Waals surface area contributed by atoms with Crippen LogP contribution >= 0.6 is 24.2 Å². The van der Waals surface area contributed by atoms with Crippen LogP contribution in [0.5, 0.6) is 0 Å². The third-order valence-electron chi connectivity index (χ3n) is 2.00. The van der Waals surface area contributed by atoms with Gasteiger partial charge < -0.3 is 15.8 Å². The van der Waals surface area contributed by atoms with Crippen molar-refractivity contribution in [3.8, 4) is 0 Å². The van der Waals surface area contributed by atoms with Crippen LogP contribution in [0.4, 0.5) is 0 Å². The number of hydrogen-bond acceptors (Lipinski definition) is 6. The fourth-order valence-electron chi connectivity index (χ4n) is 1.13. The van der Waals surface area contributed by atoms with E-state index < -0.39 is 12.0 Å². The molecule has 19 heavy (non-hydrogen) atoms. The highest BCUT2D eigenvalue weighted by Gasteiger charge is 2.15. The van der Waals surface area contributed by atoms with Crippen molar-refractivity contribution in [2.24, 2.45) is 5.73 Å². The van der Waals surface area contributed by atoms with Crippen molar-refractivity contribution in [2.75, 3.05) is 18.9 Å². The smallest absolute Gasteiger partial charge is 0.322 e. The zero-order chi connectivity index (χ0) is 14.0. The summed E-state index contributed by atoms with van der Waals surface area (Å²) >= 11 is 1.16. The van der Waals surface area contributed by atoms with Crippen LogP contribution in [0.2, 0.25) is 0 Å². The third-order valence-corrected chi connectivity index (χ3v) is 2.82. The van der Waals surface area contributed by atoms with Gasteiger partial charge in [0.2, 0.25) is 5.91 Å². The molecule has 0 fully saturated rings. The lowest BCUT2D eigenvalue weighted by molar-refractivity contribution is -0.144. The molecule has 0 saturated carbocycles. The fraction of sp³-hybridized carbons (Fsp3) is 0.727. The monoisotopic (exact) mass is 312 g/mol. The molecule has 0 aliphatic rings. The highest BCUT2D eigenvalue weighted by molar-refractivity contribution is 8.13. The molecule has 0 saturated heterocycles. The Morgan fingerprint density at radius 2 is 2.00 bits per heavy atom. The molecular weight excluding hydrogens is 292 g/mol. The quantitative estimate of drug-likeness (QED) is 0.499. The van der Waals surface area contributed by atoms with Crippen LogP contribution in [-0.2, 0) is 19.1 Å². The maximum Gasteiger partial charge on any atom is 0.322 e. The maximum absolute atomic E-state index is 11.4. The Bertz CT molecular complexity index is 302. The summed E-state index contributed by atoms with van der Waals surface area (Å²) in [6.45, 7) is 3.88. The van der Waals surface area contributed by atoms with Crippen LogP contribution in [0, 0.1) is 0 Å². The molecule has 0 rings (SSSR count). The number of carbonyl (C=O) groups excluding carboxylic acids is 3. The second-order valence-corrected chi connectivity index (χ2v) is 4.86. The molecule has 1 unspecified atom stereocenters. The first-order valence-corrected chi connectivity index (χ1v) is 6.78. The van der Waals surface area contributed by atoms with Gasteiger partial charge in [-0.1, -0.05) is 11.8 Å². The first kappa shape index (κ1) is 20.5. The van der Waals surface area contributed by atoms with Gasteiger partial charge in [0.25, 0.3) is 0 Å². The third kappa shape index (κ3) is 12.0. The number of ether oxygens (including phenoxy) is 1. The van der Waals surface area contributed by atoms with Gasteiger partial charge in [0.05, 0.1) is 6.61 Å². The summed E-state index contributed by atoms with van der Waals surface area (Å²) in [5.74, 6) is -0.123. The molecule has 0 aliphatic heterocycles. The molecule has 0 aromatic carbocycles. The van der Waals surface area contributed by atoms with E-state index in [-0.39, 0.29) is 42.9 Å². The molecule has 3 N–H and O–H groups in total. The van der Waals surface area contributed by atoms with Crippen molar-refractivity contribution >= 4 is 41.2 Å². The van der Waals surface area contributed by atoms with E-state index in [0.717, 1.165) is 11.8 Å². The van der Waals surface area contributed by atoms with Crippen molar-refractivity contribution in [2.45, 2.75) is 32.7 Å². The van der Waals surface area contributed by atoms with Crippen LogP contribution in [0.25, 0.3) is 0 Å². The van der Waals surface area contributed by atoms with Crippen molar-refractivity contribution in [1.82, 2.24) is 5.32 Å². The zero-order valence-electron chi connectivity index (χ0n) is 11.1. The van der Waals surface area contributed by atoms with Crippen LogP contribution in [-0.4, -0.2) is 41.9 Å². The summed E-state index contributed by atoms with van der Waals surface area (Å²) < 4.78 is 4.72. The van der Waals surface area contributed by atoms with Crippen molar-refractivity contribution < 1.29 is 19.1 Å². The van der Waals surface area contributed by atoms with Gasteiger partial charge >= 0.3 is 5.97 Å².